The molecule has 2 N–H and O–H groups in total. The maximum Gasteiger partial charge on any atom is 0.341 e. The predicted molar refractivity (Wildman–Crippen MR) is 119 cm³/mol. The van der Waals surface area contributed by atoms with Crippen molar-refractivity contribution in [1.82, 2.24) is 5.32 Å². The predicted octanol–water partition coefficient (Wildman–Crippen LogP) is 3.85. The number of thiophene rings is 1. The molecular formula is C20H19N3O5S2. The van der Waals surface area contributed by atoms with Crippen molar-refractivity contribution >= 4 is 57.3 Å². The zero-order chi connectivity index (χ0) is 21.7. The first-order valence-corrected chi connectivity index (χ1v) is 10.5. The van der Waals surface area contributed by atoms with Crippen LogP contribution in [0.3, 0.4) is 0 Å². The van der Waals surface area contributed by atoms with Crippen LogP contribution in [0.4, 0.5) is 10.7 Å². The summed E-state index contributed by atoms with van der Waals surface area (Å²) in [6, 6.07) is 5.79. The van der Waals surface area contributed by atoms with Gasteiger partial charge in [-0.25, -0.2) is 4.79 Å². The van der Waals surface area contributed by atoms with Crippen LogP contribution in [-0.4, -0.2) is 28.5 Å². The first-order valence-electron chi connectivity index (χ1n) is 9.25. The topological polar surface area (TPSA) is 111 Å². The summed E-state index contributed by atoms with van der Waals surface area (Å²) in [6.45, 7) is 2.03. The van der Waals surface area contributed by atoms with Gasteiger partial charge in [0, 0.05) is 23.1 Å². The molecule has 156 valence electrons. The minimum atomic E-state index is -0.491. The quantitative estimate of drug-likeness (QED) is 0.228. The number of thiocarbonyl (C=S) groups is 1. The van der Waals surface area contributed by atoms with Crippen LogP contribution >= 0.6 is 23.6 Å². The Kier molecular flexibility index (Phi) is 6.91. The highest BCUT2D eigenvalue weighted by atomic mass is 32.1. The number of hydrogen-bond acceptors (Lipinski definition) is 7. The summed E-state index contributed by atoms with van der Waals surface area (Å²) in [5.74, 6) is -0.862. The number of nitro groups is 1. The smallest absolute Gasteiger partial charge is 0.341 e. The molecular weight excluding hydrogens is 426 g/mol. The summed E-state index contributed by atoms with van der Waals surface area (Å²) >= 11 is 6.66. The molecule has 30 heavy (non-hydrogen) atoms. The van der Waals surface area contributed by atoms with E-state index in [-0.39, 0.29) is 17.4 Å². The lowest BCUT2D eigenvalue weighted by atomic mass is 10.1. The van der Waals surface area contributed by atoms with Gasteiger partial charge in [0.2, 0.25) is 5.91 Å². The summed E-state index contributed by atoms with van der Waals surface area (Å²) in [6.07, 6.45) is 5.52. The van der Waals surface area contributed by atoms with E-state index in [1.165, 1.54) is 47.8 Å². The summed E-state index contributed by atoms with van der Waals surface area (Å²) in [5.41, 5.74) is 2.09. The highest BCUT2D eigenvalue weighted by Gasteiger charge is 2.28. The molecule has 1 amide bonds. The van der Waals surface area contributed by atoms with E-state index in [4.69, 9.17) is 17.0 Å². The van der Waals surface area contributed by atoms with Gasteiger partial charge in [0.25, 0.3) is 5.69 Å². The molecule has 1 aliphatic carbocycles. The summed E-state index contributed by atoms with van der Waals surface area (Å²) in [4.78, 5) is 35.8. The van der Waals surface area contributed by atoms with Crippen molar-refractivity contribution in [2.75, 3.05) is 11.9 Å². The number of anilines is 1. The zero-order valence-electron chi connectivity index (χ0n) is 16.1. The largest absolute Gasteiger partial charge is 0.462 e. The van der Waals surface area contributed by atoms with Gasteiger partial charge in [-0.15, -0.1) is 11.3 Å². The molecule has 1 aromatic carbocycles. The maximum atomic E-state index is 12.4. The molecule has 0 bridgehead atoms. The van der Waals surface area contributed by atoms with Gasteiger partial charge in [-0.1, -0.05) is 0 Å². The highest BCUT2D eigenvalue weighted by Crippen LogP contribution is 2.39. The average Bonchev–Trinajstić information content (AvgIpc) is 3.27. The zero-order valence-corrected chi connectivity index (χ0v) is 17.7. The fourth-order valence-electron chi connectivity index (χ4n) is 3.08. The Morgan fingerprint density at radius 1 is 1.30 bits per heavy atom. The molecule has 0 radical (unpaired) electrons. The van der Waals surface area contributed by atoms with Crippen LogP contribution in [-0.2, 0) is 22.4 Å². The highest BCUT2D eigenvalue weighted by molar-refractivity contribution is 7.80. The van der Waals surface area contributed by atoms with Crippen molar-refractivity contribution < 1.29 is 19.2 Å². The van der Waals surface area contributed by atoms with Crippen molar-refractivity contribution in [1.29, 1.82) is 0 Å². The number of nitro benzene ring substituents is 1. The third-order valence-electron chi connectivity index (χ3n) is 4.40. The molecule has 8 nitrogen and oxygen atoms in total. The Bertz CT molecular complexity index is 1030. The number of nitrogens with one attached hydrogen (secondary N) is 2. The average molecular weight is 446 g/mol. The number of esters is 1. The minimum Gasteiger partial charge on any atom is -0.462 e. The number of fused-ring (bicyclic) bond motifs is 1. The molecule has 0 fully saturated rings. The van der Waals surface area contributed by atoms with Gasteiger partial charge in [0.15, 0.2) is 5.11 Å². The van der Waals surface area contributed by atoms with Crippen molar-refractivity contribution in [3.8, 4) is 0 Å². The molecule has 0 atom stereocenters. The van der Waals surface area contributed by atoms with Gasteiger partial charge < -0.3 is 10.1 Å². The molecule has 0 saturated carbocycles. The van der Waals surface area contributed by atoms with Crippen molar-refractivity contribution in [3.05, 3.63) is 62.0 Å². The molecule has 10 heteroatoms. The van der Waals surface area contributed by atoms with Crippen LogP contribution in [0.1, 0.15) is 39.7 Å². The van der Waals surface area contributed by atoms with Gasteiger partial charge in [0.05, 0.1) is 17.1 Å². The maximum absolute atomic E-state index is 12.4. The lowest BCUT2D eigenvalue weighted by molar-refractivity contribution is -0.384. The van der Waals surface area contributed by atoms with Gasteiger partial charge in [0.1, 0.15) is 5.00 Å². The van der Waals surface area contributed by atoms with E-state index in [2.05, 4.69) is 10.6 Å². The number of benzene rings is 1. The van der Waals surface area contributed by atoms with E-state index < -0.39 is 16.8 Å². The second-order valence-corrected chi connectivity index (χ2v) is 7.92. The van der Waals surface area contributed by atoms with E-state index in [9.17, 15) is 19.7 Å². The first kappa shape index (κ1) is 21.6. The van der Waals surface area contributed by atoms with E-state index in [1.807, 2.05) is 0 Å². The fourth-order valence-corrected chi connectivity index (χ4v) is 4.63. The molecule has 0 saturated heterocycles. The molecule has 0 aliphatic heterocycles. The van der Waals surface area contributed by atoms with Crippen LogP contribution in [0.5, 0.6) is 0 Å². The Morgan fingerprint density at radius 2 is 2.03 bits per heavy atom. The van der Waals surface area contributed by atoms with Crippen molar-refractivity contribution in [3.63, 3.8) is 0 Å². The number of rotatable bonds is 6. The third kappa shape index (κ3) is 5.08. The van der Waals surface area contributed by atoms with Crippen molar-refractivity contribution in [2.45, 2.75) is 26.2 Å². The number of carbonyl (C=O) groups is 2. The Morgan fingerprint density at radius 3 is 2.70 bits per heavy atom. The van der Waals surface area contributed by atoms with E-state index in [0.717, 1.165) is 29.7 Å². The number of hydrogen-bond donors (Lipinski definition) is 2. The second-order valence-electron chi connectivity index (χ2n) is 6.41. The van der Waals surface area contributed by atoms with Gasteiger partial charge in [-0.05, 0) is 67.7 Å². The molecule has 0 unspecified atom stereocenters. The van der Waals surface area contributed by atoms with Crippen LogP contribution < -0.4 is 10.6 Å². The van der Waals surface area contributed by atoms with Crippen LogP contribution in [0, 0.1) is 10.1 Å². The molecule has 0 spiro atoms. The fraction of sp³-hybridized carbons (Fsp3) is 0.250. The monoisotopic (exact) mass is 445 g/mol. The Balaban J connectivity index is 1.63. The standard InChI is InChI=1S/C20H19N3O5S2/c1-2-28-19(25)17-14-4-3-5-15(14)30-18(17)22-20(29)21-16(24)11-8-12-6-9-13(10-7-12)23(26)27/h6-11H,2-5H2,1H3,(H2,21,22,24,29)/b11-8+. The number of non-ortho nitro benzene ring substituents is 1. The first-order chi connectivity index (χ1) is 14.4. The van der Waals surface area contributed by atoms with E-state index >= 15 is 0 Å². The SMILES string of the molecule is CCOC(=O)c1c(NC(=S)NC(=O)/C=C/c2ccc([N+](=O)[O-])cc2)sc2c1CCC2. The summed E-state index contributed by atoms with van der Waals surface area (Å²) in [7, 11) is 0. The number of ether oxygens (including phenoxy) is 1. The minimum absolute atomic E-state index is 0.0257. The second kappa shape index (κ2) is 9.59. The van der Waals surface area contributed by atoms with E-state index in [1.54, 1.807) is 6.92 Å². The molecule has 1 aliphatic rings. The number of carbonyl (C=O) groups excluding carboxylic acids is 2. The Hall–Kier alpha value is -3.11. The van der Waals surface area contributed by atoms with Gasteiger partial charge >= 0.3 is 5.97 Å². The molecule has 1 aromatic heterocycles. The lowest BCUT2D eigenvalue weighted by Crippen LogP contribution is -2.33. The molecule has 1 heterocycles. The molecule has 3 rings (SSSR count). The molecule has 2 aromatic rings. The number of aryl methyl sites for hydroxylation is 1. The third-order valence-corrected chi connectivity index (χ3v) is 5.81. The van der Waals surface area contributed by atoms with Crippen LogP contribution in [0.25, 0.3) is 6.08 Å². The van der Waals surface area contributed by atoms with E-state index in [0.29, 0.717) is 16.1 Å². The number of nitrogens with zero attached hydrogens (tertiary/aromatic N) is 1. The van der Waals surface area contributed by atoms with Gasteiger partial charge in [-0.2, -0.15) is 0 Å². The Labute approximate surface area is 182 Å². The summed E-state index contributed by atoms with van der Waals surface area (Å²) < 4.78 is 5.17. The van der Waals surface area contributed by atoms with Crippen LogP contribution in [0.15, 0.2) is 30.3 Å². The number of amides is 1. The van der Waals surface area contributed by atoms with Crippen molar-refractivity contribution in [2.24, 2.45) is 0 Å². The van der Waals surface area contributed by atoms with Crippen LogP contribution in [0.2, 0.25) is 0 Å². The normalized spacial score (nSPS) is 12.4. The van der Waals surface area contributed by atoms with Gasteiger partial charge in [-0.3, -0.25) is 20.2 Å². The summed E-state index contributed by atoms with van der Waals surface area (Å²) in [5, 5.41) is 16.8. The lowest BCUT2D eigenvalue weighted by Gasteiger charge is -2.10.